The van der Waals surface area contributed by atoms with Gasteiger partial charge >= 0.3 is 5.97 Å². The third-order valence-corrected chi connectivity index (χ3v) is 5.83. The Morgan fingerprint density at radius 3 is 2.35 bits per heavy atom. The Morgan fingerprint density at radius 2 is 1.70 bits per heavy atom. The highest BCUT2D eigenvalue weighted by Crippen LogP contribution is 2.28. The van der Waals surface area contributed by atoms with Crippen LogP contribution in [0, 0.1) is 20.8 Å². The van der Waals surface area contributed by atoms with Gasteiger partial charge < -0.3 is 24.1 Å². The van der Waals surface area contributed by atoms with Crippen LogP contribution in [0.3, 0.4) is 0 Å². The van der Waals surface area contributed by atoms with Gasteiger partial charge in [0.1, 0.15) is 23.9 Å². The van der Waals surface area contributed by atoms with Crippen LogP contribution in [0.25, 0.3) is 0 Å². The number of benzene rings is 3. The monoisotopic (exact) mass is 500 g/mol. The van der Waals surface area contributed by atoms with E-state index in [-0.39, 0.29) is 5.56 Å². The van der Waals surface area contributed by atoms with E-state index in [1.165, 1.54) is 7.11 Å². The molecule has 0 aliphatic rings. The summed E-state index contributed by atoms with van der Waals surface area (Å²) in [6.45, 7) is 5.88. The number of rotatable bonds is 9. The van der Waals surface area contributed by atoms with Gasteiger partial charge in [0, 0.05) is 5.56 Å². The fraction of sp³-hybridized carbons (Fsp3) is 0.207. The van der Waals surface area contributed by atoms with Crippen LogP contribution in [0.1, 0.15) is 44.6 Å². The quantitative estimate of drug-likeness (QED) is 0.293. The zero-order chi connectivity index (χ0) is 26.4. The van der Waals surface area contributed by atoms with Crippen LogP contribution in [0.4, 0.5) is 5.69 Å². The molecule has 1 heterocycles. The third-order valence-electron chi connectivity index (χ3n) is 5.83. The Labute approximate surface area is 215 Å². The van der Waals surface area contributed by atoms with Gasteiger partial charge in [-0.25, -0.2) is 4.79 Å². The van der Waals surface area contributed by atoms with Crippen molar-refractivity contribution in [1.29, 1.82) is 0 Å². The van der Waals surface area contributed by atoms with E-state index in [1.54, 1.807) is 60.7 Å². The van der Waals surface area contributed by atoms with E-state index in [9.17, 15) is 9.59 Å². The summed E-state index contributed by atoms with van der Waals surface area (Å²) in [6, 6.07) is 20.8. The molecule has 0 fully saturated rings. The first-order valence-corrected chi connectivity index (χ1v) is 11.7. The highest BCUT2D eigenvalue weighted by atomic mass is 16.5. The van der Waals surface area contributed by atoms with Crippen molar-refractivity contribution >= 4 is 17.6 Å². The molecule has 1 aromatic heterocycles. The van der Waals surface area contributed by atoms with Crippen LogP contribution in [-0.2, 0) is 16.1 Å². The zero-order valence-corrected chi connectivity index (χ0v) is 21.1. The van der Waals surface area contributed by atoms with E-state index in [0.717, 1.165) is 16.8 Å². The topological polar surface area (TPSA) is 99.9 Å². The minimum Gasteiger partial charge on any atom is -0.495 e. The standard InChI is InChI=1S/C29H28N2O6/c1-18-10-15-26(34-4)25(16-18)30-28(32)27(21-8-6-5-7-9-21)36-29(33)22-11-13-23(14-12-22)35-17-24-19(2)31-37-20(24)3/h5-16,27H,17H2,1-4H3,(H,30,32)/t27-/m1/s1. The molecule has 8 nitrogen and oxygen atoms in total. The highest BCUT2D eigenvalue weighted by molar-refractivity contribution is 5.99. The van der Waals surface area contributed by atoms with Crippen LogP contribution in [0.5, 0.6) is 11.5 Å². The average Bonchev–Trinajstić information content (AvgIpc) is 3.23. The summed E-state index contributed by atoms with van der Waals surface area (Å²) in [5.74, 6) is 0.635. The van der Waals surface area contributed by atoms with Crippen molar-refractivity contribution < 1.29 is 28.3 Å². The van der Waals surface area contributed by atoms with Crippen molar-refractivity contribution in [1.82, 2.24) is 5.16 Å². The second kappa shape index (κ2) is 11.4. The van der Waals surface area contributed by atoms with Crippen LogP contribution in [0.2, 0.25) is 0 Å². The molecule has 1 atom stereocenters. The maximum atomic E-state index is 13.3. The number of carbonyl (C=O) groups excluding carboxylic acids is 2. The lowest BCUT2D eigenvalue weighted by atomic mass is 10.1. The minimum absolute atomic E-state index is 0.284. The fourth-order valence-corrected chi connectivity index (χ4v) is 3.74. The van der Waals surface area contributed by atoms with Crippen LogP contribution in [-0.4, -0.2) is 24.1 Å². The zero-order valence-electron chi connectivity index (χ0n) is 21.1. The molecule has 0 saturated heterocycles. The lowest BCUT2D eigenvalue weighted by Gasteiger charge is -2.19. The summed E-state index contributed by atoms with van der Waals surface area (Å²) in [7, 11) is 1.52. The molecule has 190 valence electrons. The number of methoxy groups -OCH3 is 1. The first-order chi connectivity index (χ1) is 17.9. The molecule has 0 aliphatic heterocycles. The molecule has 0 aliphatic carbocycles. The van der Waals surface area contributed by atoms with Gasteiger partial charge in [-0.3, -0.25) is 4.79 Å². The number of aromatic nitrogens is 1. The Hall–Kier alpha value is -4.59. The average molecular weight is 501 g/mol. The van der Waals surface area contributed by atoms with E-state index >= 15 is 0 Å². The maximum Gasteiger partial charge on any atom is 0.339 e. The van der Waals surface area contributed by atoms with Gasteiger partial charge in [0.2, 0.25) is 6.10 Å². The van der Waals surface area contributed by atoms with Gasteiger partial charge in [-0.15, -0.1) is 0 Å². The molecule has 0 unspecified atom stereocenters. The van der Waals surface area contributed by atoms with Gasteiger partial charge in [-0.05, 0) is 62.7 Å². The molecule has 1 amide bonds. The lowest BCUT2D eigenvalue weighted by molar-refractivity contribution is -0.125. The number of ether oxygens (including phenoxy) is 3. The molecule has 0 spiro atoms. The lowest BCUT2D eigenvalue weighted by Crippen LogP contribution is -2.26. The number of esters is 1. The van der Waals surface area contributed by atoms with E-state index in [4.69, 9.17) is 18.7 Å². The van der Waals surface area contributed by atoms with Crippen LogP contribution < -0.4 is 14.8 Å². The summed E-state index contributed by atoms with van der Waals surface area (Å²) >= 11 is 0. The number of aryl methyl sites for hydroxylation is 3. The highest BCUT2D eigenvalue weighted by Gasteiger charge is 2.26. The smallest absolute Gasteiger partial charge is 0.339 e. The van der Waals surface area contributed by atoms with Gasteiger partial charge in [0.25, 0.3) is 5.91 Å². The van der Waals surface area contributed by atoms with Gasteiger partial charge in [0.15, 0.2) is 0 Å². The molecule has 0 radical (unpaired) electrons. The molecule has 0 saturated carbocycles. The number of carbonyl (C=O) groups is 2. The molecular formula is C29H28N2O6. The van der Waals surface area contributed by atoms with Gasteiger partial charge in [-0.2, -0.15) is 0 Å². The summed E-state index contributed by atoms with van der Waals surface area (Å²) in [5, 5.41) is 6.75. The SMILES string of the molecule is COc1ccc(C)cc1NC(=O)[C@H](OC(=O)c1ccc(OCc2c(C)noc2C)cc1)c1ccccc1. The van der Waals surface area contributed by atoms with Crippen molar-refractivity contribution in [2.75, 3.05) is 12.4 Å². The summed E-state index contributed by atoms with van der Waals surface area (Å²) in [6.07, 6.45) is -1.17. The Bertz CT molecular complexity index is 1360. The first-order valence-electron chi connectivity index (χ1n) is 11.7. The normalized spacial score (nSPS) is 11.5. The summed E-state index contributed by atoms with van der Waals surface area (Å²) in [4.78, 5) is 26.3. The number of hydrogen-bond donors (Lipinski definition) is 1. The van der Waals surface area contributed by atoms with Crippen molar-refractivity contribution in [2.45, 2.75) is 33.5 Å². The Balaban J connectivity index is 1.48. The molecular weight excluding hydrogens is 472 g/mol. The summed E-state index contributed by atoms with van der Waals surface area (Å²) in [5.41, 5.74) is 3.91. The fourth-order valence-electron chi connectivity index (χ4n) is 3.74. The first kappa shape index (κ1) is 25.5. The predicted octanol–water partition coefficient (Wildman–Crippen LogP) is 5.72. The van der Waals surface area contributed by atoms with Crippen molar-refractivity contribution in [3.05, 3.63) is 107 Å². The molecule has 8 heteroatoms. The molecule has 4 aromatic rings. The maximum absolute atomic E-state index is 13.3. The Morgan fingerprint density at radius 1 is 0.973 bits per heavy atom. The number of hydrogen-bond acceptors (Lipinski definition) is 7. The van der Waals surface area contributed by atoms with Crippen LogP contribution in [0.15, 0.2) is 77.3 Å². The number of nitrogens with zero attached hydrogens (tertiary/aromatic N) is 1. The van der Waals surface area contributed by atoms with Crippen molar-refractivity contribution in [3.63, 3.8) is 0 Å². The third kappa shape index (κ3) is 6.16. The minimum atomic E-state index is -1.17. The van der Waals surface area contributed by atoms with E-state index < -0.39 is 18.0 Å². The van der Waals surface area contributed by atoms with Crippen molar-refractivity contribution in [2.24, 2.45) is 0 Å². The number of nitrogens with one attached hydrogen (secondary N) is 1. The van der Waals surface area contributed by atoms with Crippen molar-refractivity contribution in [3.8, 4) is 11.5 Å². The van der Waals surface area contributed by atoms with E-state index in [2.05, 4.69) is 10.5 Å². The van der Waals surface area contributed by atoms with Gasteiger partial charge in [0.05, 0.1) is 29.6 Å². The Kier molecular flexibility index (Phi) is 7.88. The van der Waals surface area contributed by atoms with E-state index in [1.807, 2.05) is 32.9 Å². The molecule has 0 bridgehead atoms. The molecule has 1 N–H and O–H groups in total. The molecule has 4 rings (SSSR count). The predicted molar refractivity (Wildman–Crippen MR) is 138 cm³/mol. The molecule has 37 heavy (non-hydrogen) atoms. The second-order valence-electron chi connectivity index (χ2n) is 8.50. The number of anilines is 1. The molecule has 3 aromatic carbocycles. The van der Waals surface area contributed by atoms with Gasteiger partial charge in [-0.1, -0.05) is 41.6 Å². The largest absolute Gasteiger partial charge is 0.495 e. The second-order valence-corrected chi connectivity index (χ2v) is 8.50. The van der Waals surface area contributed by atoms with E-state index in [0.29, 0.717) is 35.1 Å². The number of amides is 1. The van der Waals surface area contributed by atoms with Crippen LogP contribution >= 0.6 is 0 Å². The summed E-state index contributed by atoms with van der Waals surface area (Å²) < 4.78 is 22.0.